The smallest absolute Gasteiger partial charge is 0.317 e. The molecule has 0 aliphatic heterocycles. The van der Waals surface area contributed by atoms with Crippen molar-refractivity contribution in [2.24, 2.45) is 11.7 Å². The Morgan fingerprint density at radius 1 is 1.06 bits per heavy atom. The summed E-state index contributed by atoms with van der Waals surface area (Å²) in [6.45, 7) is 1.69. The van der Waals surface area contributed by atoms with Gasteiger partial charge in [0, 0.05) is 6.04 Å². The molecule has 0 heterocycles. The number of nitrogens with two attached hydrogens (primary N) is 1. The van der Waals surface area contributed by atoms with Crippen molar-refractivity contribution in [2.45, 2.75) is 38.6 Å². The Hall–Kier alpha value is -1.18. The van der Waals surface area contributed by atoms with Crippen LogP contribution in [0, 0.1) is 5.92 Å². The lowest BCUT2D eigenvalue weighted by atomic mass is 9.99. The van der Waals surface area contributed by atoms with Gasteiger partial charge in [-0.2, -0.15) is 0 Å². The van der Waals surface area contributed by atoms with Crippen molar-refractivity contribution in [1.29, 1.82) is 0 Å². The zero-order valence-electron chi connectivity index (χ0n) is 10.6. The molecular weight excluding hydrogens is 242 g/mol. The lowest BCUT2D eigenvalue weighted by Gasteiger charge is -2.10. The average Bonchev–Trinajstić information content (AvgIpc) is 2.33. The summed E-state index contributed by atoms with van der Waals surface area (Å²) in [4.78, 5) is 20.9. The summed E-state index contributed by atoms with van der Waals surface area (Å²) in [5.74, 6) is -3.84. The zero-order valence-corrected chi connectivity index (χ0v) is 10.6. The molecule has 18 heavy (non-hydrogen) atoms. The van der Waals surface area contributed by atoms with E-state index in [0.717, 1.165) is 6.42 Å². The second-order valence-corrected chi connectivity index (χ2v) is 3.78. The van der Waals surface area contributed by atoms with Gasteiger partial charge in [-0.25, -0.2) is 0 Å². The summed E-state index contributed by atoms with van der Waals surface area (Å²) in [5, 5.41) is 32.4. The molecule has 0 spiro atoms. The molecule has 1 unspecified atom stereocenters. The van der Waals surface area contributed by atoms with Crippen molar-refractivity contribution in [3.63, 3.8) is 0 Å². The Kier molecular flexibility index (Phi) is 13.1. The molecule has 0 aromatic rings. The highest BCUT2D eigenvalue weighted by molar-refractivity contribution is 5.92. The molecule has 0 amide bonds. The molecule has 108 valence electrons. The second kappa shape index (κ2) is 12.3. The van der Waals surface area contributed by atoms with E-state index in [4.69, 9.17) is 26.2 Å². The van der Waals surface area contributed by atoms with Crippen LogP contribution in [0.5, 0.6) is 0 Å². The van der Waals surface area contributed by atoms with E-state index < -0.39 is 17.9 Å². The molecular formula is C11H23NO6. The number of carbonyl (C=O) groups is 2. The number of carboxylic acid groups (broad SMARTS) is 2. The van der Waals surface area contributed by atoms with Crippen LogP contribution in [-0.4, -0.2) is 51.6 Å². The van der Waals surface area contributed by atoms with Gasteiger partial charge in [0.2, 0.25) is 0 Å². The fraction of sp³-hybridized carbons (Fsp3) is 0.818. The monoisotopic (exact) mass is 265 g/mol. The lowest BCUT2D eigenvalue weighted by molar-refractivity contribution is -0.154. The normalized spacial score (nSPS) is 11.6. The third-order valence-electron chi connectivity index (χ3n) is 2.29. The van der Waals surface area contributed by atoms with Crippen LogP contribution in [0.2, 0.25) is 0 Å². The van der Waals surface area contributed by atoms with Crippen LogP contribution in [0.1, 0.15) is 32.6 Å². The average molecular weight is 265 g/mol. The number of hydrogen-bond donors (Lipinski definition) is 5. The molecule has 0 aliphatic carbocycles. The molecule has 0 saturated heterocycles. The van der Waals surface area contributed by atoms with E-state index in [9.17, 15) is 9.59 Å². The Morgan fingerprint density at radius 3 is 1.78 bits per heavy atom. The maximum Gasteiger partial charge on any atom is 0.317 e. The van der Waals surface area contributed by atoms with Crippen molar-refractivity contribution in [1.82, 2.24) is 0 Å². The van der Waals surface area contributed by atoms with Crippen LogP contribution in [0.25, 0.3) is 0 Å². The molecule has 7 nitrogen and oxygen atoms in total. The maximum atomic E-state index is 10.5. The summed E-state index contributed by atoms with van der Waals surface area (Å²) in [6, 6.07) is 0.0400. The van der Waals surface area contributed by atoms with Gasteiger partial charge in [0.1, 0.15) is 0 Å². The van der Waals surface area contributed by atoms with Crippen LogP contribution in [-0.2, 0) is 9.59 Å². The quantitative estimate of drug-likeness (QED) is 0.378. The molecule has 6 N–H and O–H groups in total. The first-order valence-electron chi connectivity index (χ1n) is 5.83. The third kappa shape index (κ3) is 11.3. The number of carboxylic acids is 2. The summed E-state index contributed by atoms with van der Waals surface area (Å²) < 4.78 is 0. The topological polar surface area (TPSA) is 141 Å². The van der Waals surface area contributed by atoms with Crippen LogP contribution >= 0.6 is 0 Å². The van der Waals surface area contributed by atoms with E-state index in [2.05, 4.69) is 0 Å². The molecule has 0 bridgehead atoms. The maximum absolute atomic E-state index is 10.5. The van der Waals surface area contributed by atoms with E-state index in [0.29, 0.717) is 12.8 Å². The zero-order chi connectivity index (χ0) is 14.6. The third-order valence-corrected chi connectivity index (χ3v) is 2.29. The van der Waals surface area contributed by atoms with Gasteiger partial charge in [-0.3, -0.25) is 9.59 Å². The van der Waals surface area contributed by atoms with Crippen molar-refractivity contribution in [3.8, 4) is 0 Å². The van der Waals surface area contributed by atoms with E-state index in [1.165, 1.54) is 0 Å². The van der Waals surface area contributed by atoms with E-state index >= 15 is 0 Å². The SMILES string of the molecule is CCC(N)CCCC(C(=O)O)C(=O)O.OCCO. The first-order valence-corrected chi connectivity index (χ1v) is 5.83. The molecule has 7 heteroatoms. The minimum atomic E-state index is -1.29. The van der Waals surface area contributed by atoms with E-state index in [1.807, 2.05) is 6.92 Å². The highest BCUT2D eigenvalue weighted by Crippen LogP contribution is 2.11. The number of rotatable bonds is 8. The number of hydrogen-bond acceptors (Lipinski definition) is 5. The first kappa shape index (κ1) is 19.2. The van der Waals surface area contributed by atoms with E-state index in [-0.39, 0.29) is 25.7 Å². The summed E-state index contributed by atoms with van der Waals surface area (Å²) in [6.07, 6.45) is 2.19. The standard InChI is InChI=1S/C9H17NO4.C2H6O2/c1-2-6(10)4-3-5-7(8(11)12)9(13)14;3-1-2-4/h6-7H,2-5,10H2,1H3,(H,11,12)(H,13,14);3-4H,1-2H2. The largest absolute Gasteiger partial charge is 0.481 e. The fourth-order valence-corrected chi connectivity index (χ4v) is 1.14. The summed E-state index contributed by atoms with van der Waals surface area (Å²) in [5.41, 5.74) is 5.62. The van der Waals surface area contributed by atoms with Crippen LogP contribution in [0.4, 0.5) is 0 Å². The highest BCUT2D eigenvalue weighted by atomic mass is 16.4. The number of aliphatic carboxylic acids is 2. The highest BCUT2D eigenvalue weighted by Gasteiger charge is 2.24. The Morgan fingerprint density at radius 2 is 1.50 bits per heavy atom. The van der Waals surface area contributed by atoms with E-state index in [1.54, 1.807) is 0 Å². The number of aliphatic hydroxyl groups is 2. The Balaban J connectivity index is 0. The Labute approximate surface area is 106 Å². The van der Waals surface area contributed by atoms with Gasteiger partial charge in [-0.1, -0.05) is 13.3 Å². The van der Waals surface area contributed by atoms with Gasteiger partial charge in [0.25, 0.3) is 0 Å². The lowest BCUT2D eigenvalue weighted by Crippen LogP contribution is -2.24. The molecule has 1 atom stereocenters. The van der Waals surface area contributed by atoms with Crippen molar-refractivity contribution < 1.29 is 30.0 Å². The molecule has 0 radical (unpaired) electrons. The van der Waals surface area contributed by atoms with Crippen molar-refractivity contribution >= 4 is 11.9 Å². The molecule has 0 fully saturated rings. The minimum absolute atomic E-state index is 0.0400. The van der Waals surface area contributed by atoms with Crippen LogP contribution in [0.15, 0.2) is 0 Å². The van der Waals surface area contributed by atoms with Gasteiger partial charge < -0.3 is 26.2 Å². The van der Waals surface area contributed by atoms with Gasteiger partial charge in [-0.15, -0.1) is 0 Å². The summed E-state index contributed by atoms with van der Waals surface area (Å²) in [7, 11) is 0. The van der Waals surface area contributed by atoms with Gasteiger partial charge in [-0.05, 0) is 19.3 Å². The van der Waals surface area contributed by atoms with Gasteiger partial charge >= 0.3 is 11.9 Å². The first-order chi connectivity index (χ1) is 8.40. The molecule has 0 saturated carbocycles. The second-order valence-electron chi connectivity index (χ2n) is 3.78. The van der Waals surface area contributed by atoms with Crippen LogP contribution in [0.3, 0.4) is 0 Å². The minimum Gasteiger partial charge on any atom is -0.481 e. The Bertz CT molecular complexity index is 218. The molecule has 0 rings (SSSR count). The van der Waals surface area contributed by atoms with Crippen LogP contribution < -0.4 is 5.73 Å². The van der Waals surface area contributed by atoms with Gasteiger partial charge in [0.15, 0.2) is 5.92 Å². The molecule has 0 aliphatic rings. The number of aliphatic hydroxyl groups excluding tert-OH is 2. The predicted octanol–water partition coefficient (Wildman–Crippen LogP) is -0.350. The fourth-order valence-electron chi connectivity index (χ4n) is 1.14. The summed E-state index contributed by atoms with van der Waals surface area (Å²) >= 11 is 0. The van der Waals surface area contributed by atoms with Crippen molar-refractivity contribution in [3.05, 3.63) is 0 Å². The predicted molar refractivity (Wildman–Crippen MR) is 65.1 cm³/mol. The molecule has 0 aromatic heterocycles. The van der Waals surface area contributed by atoms with Crippen molar-refractivity contribution in [2.75, 3.05) is 13.2 Å². The van der Waals surface area contributed by atoms with Gasteiger partial charge in [0.05, 0.1) is 13.2 Å². The molecule has 0 aromatic carbocycles.